The highest BCUT2D eigenvalue weighted by molar-refractivity contribution is 7.90. The quantitative estimate of drug-likeness (QED) is 0.830. The maximum atomic E-state index is 13.7. The van der Waals surface area contributed by atoms with Gasteiger partial charge in [-0.15, -0.1) is 0 Å². The van der Waals surface area contributed by atoms with E-state index in [-0.39, 0.29) is 17.0 Å². The Morgan fingerprint density at radius 1 is 1.38 bits per heavy atom. The van der Waals surface area contributed by atoms with E-state index in [1.165, 1.54) is 6.07 Å². The number of sulfone groups is 1. The van der Waals surface area contributed by atoms with Crippen LogP contribution in [0.4, 0.5) is 10.1 Å². The second-order valence-corrected chi connectivity index (χ2v) is 7.72. The monoisotopic (exact) mass is 314 g/mol. The van der Waals surface area contributed by atoms with Crippen molar-refractivity contribution in [1.82, 2.24) is 0 Å². The van der Waals surface area contributed by atoms with Crippen molar-refractivity contribution in [2.75, 3.05) is 11.6 Å². The van der Waals surface area contributed by atoms with E-state index in [2.05, 4.69) is 5.32 Å². The molecule has 3 N–H and O–H groups in total. The van der Waals surface area contributed by atoms with Gasteiger partial charge in [-0.3, -0.25) is 4.79 Å². The third kappa shape index (κ3) is 4.01. The largest absolute Gasteiger partial charge is 0.325 e. The molecule has 5 nitrogen and oxygen atoms in total. The van der Waals surface area contributed by atoms with Crippen LogP contribution in [0.1, 0.15) is 32.1 Å². The number of rotatable bonds is 4. The van der Waals surface area contributed by atoms with Gasteiger partial charge in [-0.05, 0) is 31.0 Å². The molecular formula is C14H19FN2O3S. The SMILES string of the molecule is CS(=O)(=O)c1ccc(F)c(NC(=O)CC2(N)CCCC2)c1. The average molecular weight is 314 g/mol. The van der Waals surface area contributed by atoms with Gasteiger partial charge in [0.05, 0.1) is 10.6 Å². The summed E-state index contributed by atoms with van der Waals surface area (Å²) >= 11 is 0. The molecule has 1 saturated carbocycles. The molecule has 1 aromatic rings. The van der Waals surface area contributed by atoms with E-state index >= 15 is 0 Å². The van der Waals surface area contributed by atoms with Crippen molar-refractivity contribution in [1.29, 1.82) is 0 Å². The zero-order valence-electron chi connectivity index (χ0n) is 11.9. The molecule has 1 aliphatic rings. The molecule has 0 radical (unpaired) electrons. The fourth-order valence-corrected chi connectivity index (χ4v) is 3.25. The highest BCUT2D eigenvalue weighted by atomic mass is 32.2. The normalized spacial score (nSPS) is 17.7. The van der Waals surface area contributed by atoms with Crippen molar-refractivity contribution in [3.63, 3.8) is 0 Å². The Hall–Kier alpha value is -1.47. The van der Waals surface area contributed by atoms with Crippen LogP contribution >= 0.6 is 0 Å². The molecule has 0 bridgehead atoms. The smallest absolute Gasteiger partial charge is 0.226 e. The van der Waals surface area contributed by atoms with E-state index in [1.807, 2.05) is 0 Å². The standard InChI is InChI=1S/C14H19FN2O3S/c1-21(19,20)10-4-5-11(15)12(8-10)17-13(18)9-14(16)6-2-3-7-14/h4-5,8H,2-3,6-7,9,16H2,1H3,(H,17,18). The van der Waals surface area contributed by atoms with Gasteiger partial charge in [0, 0.05) is 18.2 Å². The number of hydrogen-bond acceptors (Lipinski definition) is 4. The number of nitrogens with two attached hydrogens (primary N) is 1. The van der Waals surface area contributed by atoms with Crippen molar-refractivity contribution < 1.29 is 17.6 Å². The summed E-state index contributed by atoms with van der Waals surface area (Å²) in [5.41, 5.74) is 5.43. The third-order valence-corrected chi connectivity index (χ3v) is 4.86. The minimum atomic E-state index is -3.45. The molecule has 1 aliphatic carbocycles. The summed E-state index contributed by atoms with van der Waals surface area (Å²) in [5.74, 6) is -1.07. The molecule has 0 aromatic heterocycles. The molecule has 1 amide bonds. The maximum absolute atomic E-state index is 13.7. The number of benzene rings is 1. The topological polar surface area (TPSA) is 89.3 Å². The summed E-state index contributed by atoms with van der Waals surface area (Å²) in [6.07, 6.45) is 4.65. The van der Waals surface area contributed by atoms with Gasteiger partial charge in [0.1, 0.15) is 5.82 Å². The Balaban J connectivity index is 2.13. The number of carbonyl (C=O) groups is 1. The summed E-state index contributed by atoms with van der Waals surface area (Å²) in [5, 5.41) is 2.42. The number of hydrogen-bond donors (Lipinski definition) is 2. The Morgan fingerprint density at radius 2 is 2.00 bits per heavy atom. The molecule has 2 rings (SSSR count). The van der Waals surface area contributed by atoms with Crippen LogP contribution in [-0.2, 0) is 14.6 Å². The van der Waals surface area contributed by atoms with E-state index in [4.69, 9.17) is 5.73 Å². The lowest BCUT2D eigenvalue weighted by Crippen LogP contribution is -2.40. The average Bonchev–Trinajstić information content (AvgIpc) is 2.77. The Morgan fingerprint density at radius 3 is 2.57 bits per heavy atom. The molecule has 0 aliphatic heterocycles. The second kappa shape index (κ2) is 5.73. The minimum Gasteiger partial charge on any atom is -0.325 e. The van der Waals surface area contributed by atoms with Gasteiger partial charge >= 0.3 is 0 Å². The van der Waals surface area contributed by atoms with Crippen LogP contribution < -0.4 is 11.1 Å². The third-order valence-electron chi connectivity index (χ3n) is 3.75. The van der Waals surface area contributed by atoms with E-state index < -0.39 is 27.1 Å². The van der Waals surface area contributed by atoms with Gasteiger partial charge in [0.2, 0.25) is 5.91 Å². The van der Waals surface area contributed by atoms with Crippen LogP contribution in [0.15, 0.2) is 23.1 Å². The molecule has 0 heterocycles. The van der Waals surface area contributed by atoms with E-state index in [9.17, 15) is 17.6 Å². The van der Waals surface area contributed by atoms with Crippen LogP contribution in [0.5, 0.6) is 0 Å². The Labute approximate surface area is 123 Å². The lowest BCUT2D eigenvalue weighted by atomic mass is 9.94. The van der Waals surface area contributed by atoms with Crippen LogP contribution in [0.2, 0.25) is 0 Å². The zero-order chi connectivity index (χ0) is 15.7. The number of carbonyl (C=O) groups excluding carboxylic acids is 1. The second-order valence-electron chi connectivity index (χ2n) is 5.71. The Bertz CT molecular complexity index is 652. The van der Waals surface area contributed by atoms with E-state index in [1.54, 1.807) is 0 Å². The van der Waals surface area contributed by atoms with Crippen molar-refractivity contribution in [3.05, 3.63) is 24.0 Å². The summed E-state index contributed by atoms with van der Waals surface area (Å²) < 4.78 is 36.6. The first kappa shape index (κ1) is 15.9. The highest BCUT2D eigenvalue weighted by Gasteiger charge is 2.31. The summed E-state index contributed by atoms with van der Waals surface area (Å²) in [6, 6.07) is 3.32. The van der Waals surface area contributed by atoms with Crippen molar-refractivity contribution in [3.8, 4) is 0 Å². The van der Waals surface area contributed by atoms with E-state index in [0.29, 0.717) is 0 Å². The molecule has 0 spiro atoms. The van der Waals surface area contributed by atoms with Crippen LogP contribution in [0.25, 0.3) is 0 Å². The molecule has 1 aromatic carbocycles. The maximum Gasteiger partial charge on any atom is 0.226 e. The predicted octanol–water partition coefficient (Wildman–Crippen LogP) is 1.83. The lowest BCUT2D eigenvalue weighted by Gasteiger charge is -2.22. The lowest BCUT2D eigenvalue weighted by molar-refractivity contribution is -0.117. The molecule has 116 valence electrons. The van der Waals surface area contributed by atoms with Crippen molar-refractivity contribution in [2.45, 2.75) is 42.5 Å². The Kier molecular flexibility index (Phi) is 4.34. The van der Waals surface area contributed by atoms with Crippen LogP contribution in [0, 0.1) is 5.82 Å². The molecule has 0 unspecified atom stereocenters. The predicted molar refractivity (Wildman–Crippen MR) is 78.1 cm³/mol. The first-order chi connectivity index (χ1) is 9.70. The van der Waals surface area contributed by atoms with Crippen molar-refractivity contribution >= 4 is 21.4 Å². The summed E-state index contributed by atoms with van der Waals surface area (Å²) in [6.45, 7) is 0. The minimum absolute atomic E-state index is 0.0393. The van der Waals surface area contributed by atoms with Crippen LogP contribution in [-0.4, -0.2) is 26.1 Å². The molecular weight excluding hydrogens is 295 g/mol. The van der Waals surface area contributed by atoms with E-state index in [0.717, 1.165) is 44.1 Å². The highest BCUT2D eigenvalue weighted by Crippen LogP contribution is 2.30. The molecule has 7 heteroatoms. The van der Waals surface area contributed by atoms with Gasteiger partial charge in [-0.25, -0.2) is 12.8 Å². The molecule has 0 atom stereocenters. The number of amides is 1. The van der Waals surface area contributed by atoms with Crippen molar-refractivity contribution in [2.24, 2.45) is 5.73 Å². The molecule has 1 fully saturated rings. The zero-order valence-corrected chi connectivity index (χ0v) is 12.7. The molecule has 0 saturated heterocycles. The van der Waals surface area contributed by atoms with Gasteiger partial charge in [0.25, 0.3) is 0 Å². The van der Waals surface area contributed by atoms with Gasteiger partial charge in [0.15, 0.2) is 9.84 Å². The first-order valence-corrected chi connectivity index (χ1v) is 8.67. The number of halogens is 1. The number of nitrogens with one attached hydrogen (secondary N) is 1. The van der Waals surface area contributed by atoms with Gasteiger partial charge in [-0.1, -0.05) is 12.8 Å². The number of anilines is 1. The first-order valence-electron chi connectivity index (χ1n) is 6.78. The summed E-state index contributed by atoms with van der Waals surface area (Å²) in [4.78, 5) is 11.9. The van der Waals surface area contributed by atoms with Gasteiger partial charge < -0.3 is 11.1 Å². The summed E-state index contributed by atoms with van der Waals surface area (Å²) in [7, 11) is -3.45. The van der Waals surface area contributed by atoms with Gasteiger partial charge in [-0.2, -0.15) is 0 Å². The fraction of sp³-hybridized carbons (Fsp3) is 0.500. The van der Waals surface area contributed by atoms with Crippen LogP contribution in [0.3, 0.4) is 0 Å². The fourth-order valence-electron chi connectivity index (χ4n) is 2.60. The molecule has 21 heavy (non-hydrogen) atoms.